The van der Waals surface area contributed by atoms with Gasteiger partial charge >= 0.3 is 0 Å². The number of hydrogen-bond donors (Lipinski definition) is 1. The minimum atomic E-state index is -0.171. The number of nitrogens with two attached hydrogens (primary N) is 1. The molecule has 0 saturated carbocycles. The zero-order valence-electron chi connectivity index (χ0n) is 11.4. The lowest BCUT2D eigenvalue weighted by molar-refractivity contribution is 0.135. The molecule has 0 atom stereocenters. The van der Waals surface area contributed by atoms with Crippen molar-refractivity contribution in [3.05, 3.63) is 45.5 Å². The van der Waals surface area contributed by atoms with Crippen LogP contribution < -0.4 is 15.2 Å². The average molecular weight is 381 g/mol. The van der Waals surface area contributed by atoms with Gasteiger partial charge in [0, 0.05) is 17.7 Å². The molecule has 0 bridgehead atoms. The molecule has 1 aliphatic rings. The predicted octanol–water partition coefficient (Wildman–Crippen LogP) is 4.38. The van der Waals surface area contributed by atoms with Crippen molar-refractivity contribution in [1.29, 1.82) is 0 Å². The van der Waals surface area contributed by atoms with Gasteiger partial charge in [-0.2, -0.15) is 0 Å². The first kappa shape index (κ1) is 13.5. The Morgan fingerprint density at radius 3 is 2.75 bits per heavy atom. The summed E-state index contributed by atoms with van der Waals surface area (Å²) in [5, 5.41) is 0. The van der Waals surface area contributed by atoms with Crippen LogP contribution in [0.15, 0.2) is 36.4 Å². The Morgan fingerprint density at radius 2 is 2.00 bits per heavy atom. The number of halogens is 1. The molecule has 0 aromatic heterocycles. The Labute approximate surface area is 132 Å². The van der Waals surface area contributed by atoms with Gasteiger partial charge < -0.3 is 15.2 Å². The van der Waals surface area contributed by atoms with Crippen molar-refractivity contribution in [2.24, 2.45) is 0 Å². The summed E-state index contributed by atoms with van der Waals surface area (Å²) in [6, 6.07) is 11.6. The fraction of sp³-hybridized carbons (Fsp3) is 0.250. The predicted molar refractivity (Wildman–Crippen MR) is 88.5 cm³/mol. The van der Waals surface area contributed by atoms with Crippen molar-refractivity contribution in [3.8, 4) is 17.2 Å². The van der Waals surface area contributed by atoms with Gasteiger partial charge in [0.1, 0.15) is 11.4 Å². The molecule has 1 heterocycles. The monoisotopic (exact) mass is 381 g/mol. The molecule has 104 valence electrons. The van der Waals surface area contributed by atoms with E-state index in [4.69, 9.17) is 15.2 Å². The van der Waals surface area contributed by atoms with Gasteiger partial charge in [-0.05, 0) is 60.7 Å². The van der Waals surface area contributed by atoms with Crippen molar-refractivity contribution in [3.63, 3.8) is 0 Å². The van der Waals surface area contributed by atoms with E-state index in [0.717, 1.165) is 32.9 Å². The van der Waals surface area contributed by atoms with Crippen LogP contribution in [0.4, 0.5) is 5.69 Å². The Bertz CT molecular complexity index is 668. The second kappa shape index (κ2) is 4.84. The van der Waals surface area contributed by atoms with Gasteiger partial charge in [-0.1, -0.05) is 12.1 Å². The summed E-state index contributed by atoms with van der Waals surface area (Å²) in [7, 11) is 0. The summed E-state index contributed by atoms with van der Waals surface area (Å²) in [5.41, 5.74) is 7.52. The van der Waals surface area contributed by atoms with Crippen LogP contribution in [0.5, 0.6) is 17.2 Å². The van der Waals surface area contributed by atoms with Crippen LogP contribution in [-0.2, 0) is 6.42 Å². The first-order valence-corrected chi connectivity index (χ1v) is 7.56. The molecule has 0 spiro atoms. The van der Waals surface area contributed by atoms with Crippen LogP contribution in [0.25, 0.3) is 0 Å². The van der Waals surface area contributed by atoms with E-state index in [1.807, 2.05) is 30.3 Å². The van der Waals surface area contributed by atoms with E-state index in [1.54, 1.807) is 0 Å². The van der Waals surface area contributed by atoms with Crippen molar-refractivity contribution < 1.29 is 9.47 Å². The third-order valence-electron chi connectivity index (χ3n) is 3.23. The highest BCUT2D eigenvalue weighted by atomic mass is 127. The van der Waals surface area contributed by atoms with Gasteiger partial charge in [0.25, 0.3) is 0 Å². The highest BCUT2D eigenvalue weighted by Crippen LogP contribution is 2.43. The lowest BCUT2D eigenvalue weighted by Gasteiger charge is -2.18. The number of rotatable bonds is 2. The van der Waals surface area contributed by atoms with E-state index in [-0.39, 0.29) is 5.60 Å². The second-order valence-corrected chi connectivity index (χ2v) is 6.74. The van der Waals surface area contributed by atoms with Crippen LogP contribution in [0, 0.1) is 3.57 Å². The number of para-hydroxylation sites is 1. The van der Waals surface area contributed by atoms with E-state index in [0.29, 0.717) is 0 Å². The summed E-state index contributed by atoms with van der Waals surface area (Å²) in [5.74, 6) is 2.40. The molecule has 2 aromatic carbocycles. The van der Waals surface area contributed by atoms with Gasteiger partial charge in [0.15, 0.2) is 11.5 Å². The molecule has 3 rings (SSSR count). The van der Waals surface area contributed by atoms with Gasteiger partial charge in [0.05, 0.1) is 3.57 Å². The standard InChI is InChI=1S/C16H16INO2/c1-16(2)9-10-4-3-5-14(15(10)20-16)19-13-7-6-11(18)8-12(13)17/h3-8H,9,18H2,1-2H3. The Kier molecular flexibility index (Phi) is 3.28. The molecule has 4 heteroatoms. The van der Waals surface area contributed by atoms with Gasteiger partial charge in [-0.3, -0.25) is 0 Å². The van der Waals surface area contributed by atoms with E-state index in [2.05, 4.69) is 42.5 Å². The number of fused-ring (bicyclic) bond motifs is 1. The molecule has 2 aromatic rings. The minimum absolute atomic E-state index is 0.171. The SMILES string of the molecule is CC1(C)Cc2cccc(Oc3ccc(N)cc3I)c2O1. The van der Waals surface area contributed by atoms with E-state index < -0.39 is 0 Å². The van der Waals surface area contributed by atoms with Gasteiger partial charge in [-0.15, -0.1) is 0 Å². The van der Waals surface area contributed by atoms with Gasteiger partial charge in [-0.25, -0.2) is 0 Å². The normalized spacial score (nSPS) is 15.6. The highest BCUT2D eigenvalue weighted by molar-refractivity contribution is 14.1. The average Bonchev–Trinajstić information content (AvgIpc) is 2.67. The fourth-order valence-corrected chi connectivity index (χ4v) is 3.04. The van der Waals surface area contributed by atoms with Crippen molar-refractivity contribution in [1.82, 2.24) is 0 Å². The maximum Gasteiger partial charge on any atom is 0.169 e. The smallest absolute Gasteiger partial charge is 0.169 e. The lowest BCUT2D eigenvalue weighted by Crippen LogP contribution is -2.24. The molecule has 0 radical (unpaired) electrons. The largest absolute Gasteiger partial charge is 0.483 e. The number of ether oxygens (including phenoxy) is 2. The van der Waals surface area contributed by atoms with Crippen LogP contribution >= 0.6 is 22.6 Å². The molecule has 0 saturated heterocycles. The first-order valence-electron chi connectivity index (χ1n) is 6.48. The molecular formula is C16H16INO2. The molecule has 0 unspecified atom stereocenters. The zero-order valence-corrected chi connectivity index (χ0v) is 13.6. The molecule has 0 amide bonds. The molecule has 2 N–H and O–H groups in total. The molecule has 20 heavy (non-hydrogen) atoms. The minimum Gasteiger partial charge on any atom is -0.483 e. The topological polar surface area (TPSA) is 44.5 Å². The van der Waals surface area contributed by atoms with E-state index in [9.17, 15) is 0 Å². The Hall–Kier alpha value is -1.43. The summed E-state index contributed by atoms with van der Waals surface area (Å²) >= 11 is 2.22. The molecule has 0 fully saturated rings. The van der Waals surface area contributed by atoms with E-state index >= 15 is 0 Å². The summed E-state index contributed by atoms with van der Waals surface area (Å²) in [6.45, 7) is 4.17. The number of hydrogen-bond acceptors (Lipinski definition) is 3. The van der Waals surface area contributed by atoms with Crippen molar-refractivity contribution >= 4 is 28.3 Å². The summed E-state index contributed by atoms with van der Waals surface area (Å²) in [6.07, 6.45) is 0.901. The van der Waals surface area contributed by atoms with Crippen LogP contribution in [0.1, 0.15) is 19.4 Å². The lowest BCUT2D eigenvalue weighted by atomic mass is 10.0. The van der Waals surface area contributed by atoms with Crippen LogP contribution in [0.3, 0.4) is 0 Å². The molecule has 0 aliphatic carbocycles. The Balaban J connectivity index is 1.95. The third-order valence-corrected chi connectivity index (χ3v) is 4.07. The maximum absolute atomic E-state index is 6.01. The summed E-state index contributed by atoms with van der Waals surface area (Å²) in [4.78, 5) is 0. The second-order valence-electron chi connectivity index (χ2n) is 5.57. The van der Waals surface area contributed by atoms with Crippen LogP contribution in [0.2, 0.25) is 0 Å². The Morgan fingerprint density at radius 1 is 1.20 bits per heavy atom. The van der Waals surface area contributed by atoms with Crippen LogP contribution in [-0.4, -0.2) is 5.60 Å². The zero-order chi connectivity index (χ0) is 14.3. The van der Waals surface area contributed by atoms with E-state index in [1.165, 1.54) is 5.56 Å². The van der Waals surface area contributed by atoms with Gasteiger partial charge in [0.2, 0.25) is 0 Å². The number of anilines is 1. The summed E-state index contributed by atoms with van der Waals surface area (Å²) < 4.78 is 13.0. The van der Waals surface area contributed by atoms with Crippen molar-refractivity contribution in [2.45, 2.75) is 25.9 Å². The first-order chi connectivity index (χ1) is 9.44. The third kappa shape index (κ3) is 2.57. The molecule has 3 nitrogen and oxygen atoms in total. The highest BCUT2D eigenvalue weighted by Gasteiger charge is 2.32. The number of nitrogen functional groups attached to an aromatic ring is 1. The quantitative estimate of drug-likeness (QED) is 0.620. The number of benzene rings is 2. The fourth-order valence-electron chi connectivity index (χ4n) is 2.39. The molecular weight excluding hydrogens is 365 g/mol. The van der Waals surface area contributed by atoms with Crippen molar-refractivity contribution in [2.75, 3.05) is 5.73 Å². The molecule has 1 aliphatic heterocycles. The maximum atomic E-state index is 6.01.